The Labute approximate surface area is 73.5 Å². The maximum absolute atomic E-state index is 11.0. The van der Waals surface area contributed by atoms with Crippen LogP contribution in [0.25, 0.3) is 0 Å². The van der Waals surface area contributed by atoms with Crippen LogP contribution < -0.4 is 0 Å². The zero-order valence-electron chi connectivity index (χ0n) is 7.38. The van der Waals surface area contributed by atoms with Crippen molar-refractivity contribution in [3.63, 3.8) is 0 Å². The molecule has 0 saturated heterocycles. The van der Waals surface area contributed by atoms with Gasteiger partial charge in [-0.15, -0.1) is 0 Å². The molecule has 2 bridgehead atoms. The summed E-state index contributed by atoms with van der Waals surface area (Å²) >= 11 is 0. The largest absolute Gasteiger partial charge is 0.290 e. The quantitative estimate of drug-likeness (QED) is 0.579. The molecule has 0 N–H and O–H groups in total. The molecule has 0 aliphatic heterocycles. The minimum Gasteiger partial charge on any atom is -0.290 e. The van der Waals surface area contributed by atoms with Crippen LogP contribution in [-0.4, -0.2) is 6.29 Å². The summed E-state index contributed by atoms with van der Waals surface area (Å²) in [5.41, 5.74) is 0.0706. The lowest BCUT2D eigenvalue weighted by atomic mass is 9.54. The topological polar surface area (TPSA) is 17.1 Å². The highest BCUT2D eigenvalue weighted by atomic mass is 16.1. The van der Waals surface area contributed by atoms with E-state index in [-0.39, 0.29) is 5.41 Å². The molecule has 0 spiro atoms. The summed E-state index contributed by atoms with van der Waals surface area (Å²) in [5.74, 6) is 2.38. The highest BCUT2D eigenvalue weighted by Crippen LogP contribution is 2.66. The summed E-state index contributed by atoms with van der Waals surface area (Å²) in [7, 11) is 0. The van der Waals surface area contributed by atoms with Crippen LogP contribution in [-0.2, 0) is 4.79 Å². The number of carbonyl (C=O) groups excluding carboxylic acids is 1. The summed E-state index contributed by atoms with van der Waals surface area (Å²) in [6, 6.07) is 0. The van der Waals surface area contributed by atoms with Gasteiger partial charge in [-0.2, -0.15) is 0 Å². The highest BCUT2D eigenvalue weighted by Gasteiger charge is 2.62. The Morgan fingerprint density at radius 1 is 1.17 bits per heavy atom. The molecule has 3 aliphatic carbocycles. The Bertz CT molecular complexity index is 215. The Balaban J connectivity index is 2.00. The third kappa shape index (κ3) is 0.605. The molecule has 12 heavy (non-hydrogen) atoms. The molecule has 3 fully saturated rings. The maximum Gasteiger partial charge on any atom is 0.205 e. The number of fused-ring (bicyclic) bond motifs is 2. The standard InChI is InChI=1S/C11H15O/c12-7-11-6-8-2-1-3-9(11)4-5-10(8)11/h8-10H,1-6H2. The van der Waals surface area contributed by atoms with Crippen molar-refractivity contribution in [1.82, 2.24) is 0 Å². The Hall–Kier alpha value is -0.330. The molecule has 0 aromatic rings. The molecule has 3 aliphatic rings. The van der Waals surface area contributed by atoms with E-state index in [1.807, 2.05) is 0 Å². The van der Waals surface area contributed by atoms with E-state index in [0.29, 0.717) is 0 Å². The second-order valence-corrected chi connectivity index (χ2v) is 4.92. The fourth-order valence-electron chi connectivity index (χ4n) is 4.12. The van der Waals surface area contributed by atoms with Gasteiger partial charge in [-0.05, 0) is 43.4 Å². The van der Waals surface area contributed by atoms with Crippen molar-refractivity contribution in [2.75, 3.05) is 0 Å². The molecule has 4 unspecified atom stereocenters. The van der Waals surface area contributed by atoms with Crippen LogP contribution in [0.3, 0.4) is 0 Å². The number of hydrogen-bond donors (Lipinski definition) is 0. The van der Waals surface area contributed by atoms with Gasteiger partial charge in [0.2, 0.25) is 6.29 Å². The van der Waals surface area contributed by atoms with Crippen LogP contribution in [0.2, 0.25) is 0 Å². The van der Waals surface area contributed by atoms with Gasteiger partial charge < -0.3 is 0 Å². The van der Waals surface area contributed by atoms with Crippen LogP contribution in [0.15, 0.2) is 0 Å². The van der Waals surface area contributed by atoms with E-state index in [9.17, 15) is 4.79 Å². The predicted molar refractivity (Wildman–Crippen MR) is 46.3 cm³/mol. The zero-order chi connectivity index (χ0) is 8.18. The molecule has 3 rings (SSSR count). The molecular weight excluding hydrogens is 148 g/mol. The average Bonchev–Trinajstić information content (AvgIpc) is 2.23. The van der Waals surface area contributed by atoms with E-state index < -0.39 is 0 Å². The highest BCUT2D eigenvalue weighted by molar-refractivity contribution is 5.64. The first-order valence-electron chi connectivity index (χ1n) is 5.26. The first-order chi connectivity index (χ1) is 5.87. The minimum absolute atomic E-state index is 0.0706. The number of hydrogen-bond acceptors (Lipinski definition) is 1. The molecule has 0 aromatic carbocycles. The average molecular weight is 163 g/mol. The molecule has 65 valence electrons. The SMILES string of the molecule is O=[C]C12CC3CCCC1CCC32. The van der Waals surface area contributed by atoms with Gasteiger partial charge in [-0.25, -0.2) is 0 Å². The first-order valence-corrected chi connectivity index (χ1v) is 5.26. The van der Waals surface area contributed by atoms with Crippen molar-refractivity contribution in [1.29, 1.82) is 0 Å². The lowest BCUT2D eigenvalue weighted by Gasteiger charge is -2.48. The molecule has 1 nitrogen and oxygen atoms in total. The maximum atomic E-state index is 11.0. The van der Waals surface area contributed by atoms with Crippen molar-refractivity contribution in [2.45, 2.75) is 38.5 Å². The molecule has 1 heteroatoms. The third-order valence-corrected chi connectivity index (χ3v) is 4.70. The monoisotopic (exact) mass is 163 g/mol. The summed E-state index contributed by atoms with van der Waals surface area (Å²) in [6.45, 7) is 0. The lowest BCUT2D eigenvalue weighted by molar-refractivity contribution is 0.0294. The van der Waals surface area contributed by atoms with Crippen molar-refractivity contribution in [2.24, 2.45) is 23.2 Å². The fraction of sp³-hybridized carbons (Fsp3) is 0.909. The molecule has 0 amide bonds. The second kappa shape index (κ2) is 2.12. The van der Waals surface area contributed by atoms with Crippen LogP contribution in [0.1, 0.15) is 38.5 Å². The predicted octanol–water partition coefficient (Wildman–Crippen LogP) is 2.31. The third-order valence-electron chi connectivity index (χ3n) is 4.70. The van der Waals surface area contributed by atoms with Crippen LogP contribution in [0.4, 0.5) is 0 Å². The van der Waals surface area contributed by atoms with Crippen LogP contribution >= 0.6 is 0 Å². The van der Waals surface area contributed by atoms with Gasteiger partial charge in [0.25, 0.3) is 0 Å². The van der Waals surface area contributed by atoms with Crippen LogP contribution in [0.5, 0.6) is 0 Å². The smallest absolute Gasteiger partial charge is 0.205 e. The molecular formula is C11H15O. The number of rotatable bonds is 1. The Morgan fingerprint density at radius 2 is 2.08 bits per heavy atom. The minimum atomic E-state index is 0.0706. The molecule has 0 aromatic heterocycles. The van der Waals surface area contributed by atoms with Crippen molar-refractivity contribution in [3.8, 4) is 0 Å². The van der Waals surface area contributed by atoms with Gasteiger partial charge in [0.1, 0.15) is 0 Å². The van der Waals surface area contributed by atoms with Gasteiger partial charge in [0.15, 0.2) is 0 Å². The lowest BCUT2D eigenvalue weighted by Crippen LogP contribution is -2.47. The Kier molecular flexibility index (Phi) is 1.26. The van der Waals surface area contributed by atoms with Gasteiger partial charge in [0.05, 0.1) is 0 Å². The normalized spacial score (nSPS) is 55.8. The van der Waals surface area contributed by atoms with E-state index in [1.165, 1.54) is 38.5 Å². The molecule has 3 saturated carbocycles. The van der Waals surface area contributed by atoms with Gasteiger partial charge in [-0.3, -0.25) is 4.79 Å². The summed E-state index contributed by atoms with van der Waals surface area (Å²) < 4.78 is 0. The van der Waals surface area contributed by atoms with Gasteiger partial charge >= 0.3 is 0 Å². The van der Waals surface area contributed by atoms with Crippen molar-refractivity contribution >= 4 is 6.29 Å². The van der Waals surface area contributed by atoms with E-state index in [2.05, 4.69) is 6.29 Å². The molecule has 0 heterocycles. The summed E-state index contributed by atoms with van der Waals surface area (Å²) in [5, 5.41) is 0. The molecule has 4 atom stereocenters. The second-order valence-electron chi connectivity index (χ2n) is 4.92. The van der Waals surface area contributed by atoms with Crippen LogP contribution in [0, 0.1) is 23.2 Å². The van der Waals surface area contributed by atoms with E-state index in [0.717, 1.165) is 17.8 Å². The van der Waals surface area contributed by atoms with Crippen molar-refractivity contribution < 1.29 is 4.79 Å². The van der Waals surface area contributed by atoms with E-state index in [1.54, 1.807) is 0 Å². The van der Waals surface area contributed by atoms with Gasteiger partial charge in [-0.1, -0.05) is 12.8 Å². The Morgan fingerprint density at radius 3 is 2.92 bits per heavy atom. The van der Waals surface area contributed by atoms with Gasteiger partial charge in [0, 0.05) is 5.41 Å². The summed E-state index contributed by atoms with van der Waals surface area (Å²) in [6.07, 6.45) is 10.3. The molecule has 1 radical (unpaired) electrons. The fourth-order valence-corrected chi connectivity index (χ4v) is 4.12. The van der Waals surface area contributed by atoms with E-state index in [4.69, 9.17) is 0 Å². The summed E-state index contributed by atoms with van der Waals surface area (Å²) in [4.78, 5) is 11.0. The van der Waals surface area contributed by atoms with Crippen molar-refractivity contribution in [3.05, 3.63) is 0 Å². The zero-order valence-corrected chi connectivity index (χ0v) is 7.38. The first kappa shape index (κ1) is 7.11. The van der Waals surface area contributed by atoms with E-state index >= 15 is 0 Å².